The van der Waals surface area contributed by atoms with Crippen LogP contribution in [0, 0.1) is 17.2 Å². The number of rotatable bonds is 4. The summed E-state index contributed by atoms with van der Waals surface area (Å²) in [6, 6.07) is 12.5. The molecule has 0 radical (unpaired) electrons. The second-order valence-corrected chi connectivity index (χ2v) is 5.19. The van der Waals surface area contributed by atoms with E-state index < -0.39 is 0 Å². The standard InChI is InChI=1S/C15H15N3O/c1-11(10-16)9-13-17-14(18-19-13)15(7-8-15)12-5-3-2-4-6-12/h2-6,11H,7-9H2,1H3. The first-order valence-corrected chi connectivity index (χ1v) is 6.53. The predicted molar refractivity (Wildman–Crippen MR) is 69.2 cm³/mol. The van der Waals surface area contributed by atoms with E-state index in [-0.39, 0.29) is 11.3 Å². The fourth-order valence-electron chi connectivity index (χ4n) is 2.36. The molecule has 1 atom stereocenters. The fraction of sp³-hybridized carbons (Fsp3) is 0.400. The Morgan fingerprint density at radius 2 is 2.11 bits per heavy atom. The number of nitrogens with zero attached hydrogens (tertiary/aromatic N) is 3. The lowest BCUT2D eigenvalue weighted by Crippen LogP contribution is -2.10. The molecule has 0 spiro atoms. The molecule has 1 aliphatic carbocycles. The van der Waals surface area contributed by atoms with E-state index in [1.54, 1.807) is 0 Å². The smallest absolute Gasteiger partial charge is 0.227 e. The molecule has 0 aliphatic heterocycles. The van der Waals surface area contributed by atoms with E-state index >= 15 is 0 Å². The zero-order chi connectivity index (χ0) is 13.3. The summed E-state index contributed by atoms with van der Waals surface area (Å²) in [5.74, 6) is 1.23. The van der Waals surface area contributed by atoms with Gasteiger partial charge in [0.2, 0.25) is 5.89 Å². The van der Waals surface area contributed by atoms with E-state index in [9.17, 15) is 0 Å². The topological polar surface area (TPSA) is 62.7 Å². The van der Waals surface area contributed by atoms with E-state index in [1.165, 1.54) is 5.56 Å². The molecule has 0 amide bonds. The van der Waals surface area contributed by atoms with Crippen LogP contribution in [0.5, 0.6) is 0 Å². The lowest BCUT2D eigenvalue weighted by molar-refractivity contribution is 0.362. The quantitative estimate of drug-likeness (QED) is 0.840. The largest absolute Gasteiger partial charge is 0.339 e. The van der Waals surface area contributed by atoms with Gasteiger partial charge in [-0.25, -0.2) is 0 Å². The van der Waals surface area contributed by atoms with Crippen LogP contribution in [0.25, 0.3) is 0 Å². The van der Waals surface area contributed by atoms with Gasteiger partial charge in [0.15, 0.2) is 5.82 Å². The molecule has 4 nitrogen and oxygen atoms in total. The van der Waals surface area contributed by atoms with Crippen molar-refractivity contribution in [2.45, 2.75) is 31.6 Å². The van der Waals surface area contributed by atoms with Crippen LogP contribution < -0.4 is 0 Å². The minimum Gasteiger partial charge on any atom is -0.339 e. The van der Waals surface area contributed by atoms with Gasteiger partial charge < -0.3 is 4.52 Å². The van der Waals surface area contributed by atoms with Crippen molar-refractivity contribution in [2.24, 2.45) is 5.92 Å². The van der Waals surface area contributed by atoms with E-state index in [0.29, 0.717) is 12.3 Å². The third kappa shape index (κ3) is 2.12. The molecule has 96 valence electrons. The molecule has 3 rings (SSSR count). The summed E-state index contributed by atoms with van der Waals surface area (Å²) in [6.07, 6.45) is 2.64. The molecule has 1 saturated carbocycles. The van der Waals surface area contributed by atoms with Crippen molar-refractivity contribution >= 4 is 0 Å². The van der Waals surface area contributed by atoms with Gasteiger partial charge in [0.1, 0.15) is 0 Å². The molecule has 1 heterocycles. The van der Waals surface area contributed by atoms with E-state index in [0.717, 1.165) is 18.7 Å². The summed E-state index contributed by atoms with van der Waals surface area (Å²) >= 11 is 0. The monoisotopic (exact) mass is 253 g/mol. The highest BCUT2D eigenvalue weighted by atomic mass is 16.5. The molecular weight excluding hydrogens is 238 g/mol. The van der Waals surface area contributed by atoms with Crippen LogP contribution in [-0.2, 0) is 11.8 Å². The number of benzene rings is 1. The first-order valence-electron chi connectivity index (χ1n) is 6.53. The van der Waals surface area contributed by atoms with Gasteiger partial charge in [0.05, 0.1) is 17.4 Å². The Morgan fingerprint density at radius 3 is 2.74 bits per heavy atom. The van der Waals surface area contributed by atoms with Gasteiger partial charge in [-0.1, -0.05) is 35.5 Å². The summed E-state index contributed by atoms with van der Waals surface area (Å²) in [5, 5.41) is 12.9. The molecular formula is C15H15N3O. The summed E-state index contributed by atoms with van der Waals surface area (Å²) in [5.41, 5.74) is 1.19. The van der Waals surface area contributed by atoms with Gasteiger partial charge >= 0.3 is 0 Å². The van der Waals surface area contributed by atoms with Crippen LogP contribution in [0.2, 0.25) is 0 Å². The summed E-state index contributed by atoms with van der Waals surface area (Å²) < 4.78 is 5.27. The van der Waals surface area contributed by atoms with Gasteiger partial charge in [0, 0.05) is 6.42 Å². The molecule has 1 aromatic carbocycles. The second kappa shape index (κ2) is 4.51. The van der Waals surface area contributed by atoms with Gasteiger partial charge in [-0.15, -0.1) is 0 Å². The number of aromatic nitrogens is 2. The van der Waals surface area contributed by atoms with E-state index in [2.05, 4.69) is 28.3 Å². The molecule has 1 aromatic heterocycles. The maximum atomic E-state index is 8.81. The molecule has 4 heteroatoms. The third-order valence-electron chi connectivity index (χ3n) is 3.67. The van der Waals surface area contributed by atoms with Crippen molar-refractivity contribution < 1.29 is 4.52 Å². The van der Waals surface area contributed by atoms with Crippen molar-refractivity contribution in [1.29, 1.82) is 5.26 Å². The van der Waals surface area contributed by atoms with Gasteiger partial charge in [0.25, 0.3) is 0 Å². The first kappa shape index (κ1) is 11.9. The molecule has 1 unspecified atom stereocenters. The maximum Gasteiger partial charge on any atom is 0.227 e. The number of nitriles is 1. The Labute approximate surface area is 112 Å². The van der Waals surface area contributed by atoms with Crippen molar-refractivity contribution in [1.82, 2.24) is 10.1 Å². The van der Waals surface area contributed by atoms with Crippen LogP contribution >= 0.6 is 0 Å². The SMILES string of the molecule is CC(C#N)Cc1nc(C2(c3ccccc3)CC2)no1. The Kier molecular flexibility index (Phi) is 2.83. The summed E-state index contributed by atoms with van der Waals surface area (Å²) in [7, 11) is 0. The van der Waals surface area contributed by atoms with Crippen LogP contribution in [0.15, 0.2) is 34.9 Å². The molecule has 0 bridgehead atoms. The molecule has 1 aliphatic rings. The first-order chi connectivity index (χ1) is 9.24. The van der Waals surface area contributed by atoms with Crippen LogP contribution in [0.3, 0.4) is 0 Å². The average Bonchev–Trinajstić information content (AvgIpc) is 3.14. The predicted octanol–water partition coefficient (Wildman–Crippen LogP) is 2.85. The normalized spacial score (nSPS) is 17.7. The Balaban J connectivity index is 1.86. The highest BCUT2D eigenvalue weighted by Crippen LogP contribution is 2.52. The number of hydrogen-bond acceptors (Lipinski definition) is 4. The molecule has 2 aromatic rings. The number of hydrogen-bond donors (Lipinski definition) is 0. The molecule has 1 fully saturated rings. The van der Waals surface area contributed by atoms with Gasteiger partial charge in [-0.2, -0.15) is 10.2 Å². The zero-order valence-corrected chi connectivity index (χ0v) is 10.8. The molecule has 0 saturated heterocycles. The highest BCUT2D eigenvalue weighted by Gasteiger charge is 2.49. The third-order valence-corrected chi connectivity index (χ3v) is 3.67. The van der Waals surface area contributed by atoms with Crippen molar-refractivity contribution in [3.05, 3.63) is 47.6 Å². The Bertz CT molecular complexity index is 608. The zero-order valence-electron chi connectivity index (χ0n) is 10.8. The lowest BCUT2D eigenvalue weighted by Gasteiger charge is -2.10. The second-order valence-electron chi connectivity index (χ2n) is 5.19. The Hall–Kier alpha value is -2.15. The molecule has 0 N–H and O–H groups in total. The lowest BCUT2D eigenvalue weighted by atomic mass is 9.95. The van der Waals surface area contributed by atoms with Crippen LogP contribution in [0.4, 0.5) is 0 Å². The maximum absolute atomic E-state index is 8.81. The Morgan fingerprint density at radius 1 is 1.37 bits per heavy atom. The molecule has 19 heavy (non-hydrogen) atoms. The van der Waals surface area contributed by atoms with Crippen molar-refractivity contribution in [3.63, 3.8) is 0 Å². The minimum atomic E-state index is -0.0971. The summed E-state index contributed by atoms with van der Waals surface area (Å²) in [6.45, 7) is 1.86. The fourth-order valence-corrected chi connectivity index (χ4v) is 2.36. The van der Waals surface area contributed by atoms with Gasteiger partial charge in [-0.05, 0) is 25.3 Å². The van der Waals surface area contributed by atoms with Crippen LogP contribution in [-0.4, -0.2) is 10.1 Å². The van der Waals surface area contributed by atoms with Gasteiger partial charge in [-0.3, -0.25) is 0 Å². The average molecular weight is 253 g/mol. The van der Waals surface area contributed by atoms with Crippen molar-refractivity contribution in [3.8, 4) is 6.07 Å². The van der Waals surface area contributed by atoms with Crippen LogP contribution in [0.1, 0.15) is 37.0 Å². The highest BCUT2D eigenvalue weighted by molar-refractivity contribution is 5.38. The summed E-state index contributed by atoms with van der Waals surface area (Å²) in [4.78, 5) is 4.48. The van der Waals surface area contributed by atoms with E-state index in [1.807, 2.05) is 25.1 Å². The minimum absolute atomic E-state index is 0.0567. The van der Waals surface area contributed by atoms with Crippen molar-refractivity contribution in [2.75, 3.05) is 0 Å². The van der Waals surface area contributed by atoms with E-state index in [4.69, 9.17) is 9.78 Å².